The Balaban J connectivity index is 1.88. The molecule has 38 heavy (non-hydrogen) atoms. The van der Waals surface area contributed by atoms with Crippen molar-refractivity contribution < 1.29 is 36.9 Å². The lowest BCUT2D eigenvalue weighted by molar-refractivity contribution is -0.119. The lowest BCUT2D eigenvalue weighted by Gasteiger charge is -2.26. The van der Waals surface area contributed by atoms with Gasteiger partial charge in [0.25, 0.3) is 10.0 Å². The van der Waals surface area contributed by atoms with E-state index in [0.717, 1.165) is 9.87 Å². The first kappa shape index (κ1) is 28.5. The van der Waals surface area contributed by atoms with Crippen LogP contribution in [0.5, 0.6) is 28.7 Å². The van der Waals surface area contributed by atoms with Crippen LogP contribution in [0.4, 0.5) is 5.69 Å². The number of methoxy groups -OCH3 is 4. The van der Waals surface area contributed by atoms with E-state index < -0.39 is 22.5 Å². The molecule has 0 atom stereocenters. The molecule has 0 radical (unpaired) electrons. The Kier molecular flexibility index (Phi) is 9.66. The van der Waals surface area contributed by atoms with Crippen molar-refractivity contribution in [2.24, 2.45) is 0 Å². The molecule has 3 aromatic rings. The molecule has 0 bridgehead atoms. The highest BCUT2D eigenvalue weighted by Crippen LogP contribution is 2.37. The molecule has 0 heterocycles. The summed E-state index contributed by atoms with van der Waals surface area (Å²) in [7, 11) is 1.45. The molecule has 11 heteroatoms. The van der Waals surface area contributed by atoms with Crippen LogP contribution in [-0.2, 0) is 14.8 Å². The van der Waals surface area contributed by atoms with Gasteiger partial charge in [0, 0.05) is 12.1 Å². The van der Waals surface area contributed by atoms with Gasteiger partial charge < -0.3 is 29.0 Å². The third-order valence-corrected chi connectivity index (χ3v) is 7.35. The Morgan fingerprint density at radius 3 is 2.05 bits per heavy atom. The molecular formula is C27H32N2O8S. The van der Waals surface area contributed by atoms with Crippen molar-refractivity contribution in [3.05, 3.63) is 66.2 Å². The van der Waals surface area contributed by atoms with E-state index in [-0.39, 0.29) is 35.2 Å². The number of nitrogens with zero attached hydrogens (tertiary/aromatic N) is 1. The number of nitrogens with one attached hydrogen (secondary N) is 1. The lowest BCUT2D eigenvalue weighted by Crippen LogP contribution is -2.42. The van der Waals surface area contributed by atoms with Crippen LogP contribution >= 0.6 is 0 Å². The van der Waals surface area contributed by atoms with Gasteiger partial charge in [-0.25, -0.2) is 8.42 Å². The van der Waals surface area contributed by atoms with Gasteiger partial charge in [0.1, 0.15) is 30.4 Å². The Bertz CT molecular complexity index is 1340. The number of sulfonamides is 1. The molecule has 10 nitrogen and oxygen atoms in total. The van der Waals surface area contributed by atoms with Crippen LogP contribution in [0.15, 0.2) is 65.6 Å². The number of carbonyl (C=O) groups is 1. The summed E-state index contributed by atoms with van der Waals surface area (Å²) in [5, 5.41) is 2.71. The average Bonchev–Trinajstić information content (AvgIpc) is 2.94. The standard InChI is InChI=1S/C27H32N2O8S/c1-19-6-8-20(9-7-19)37-15-14-28-27(30)18-29(23-16-21(33-2)10-12-24(23)34-3)38(31,32)22-11-13-25(35-4)26(17-22)36-5/h6-13,16-17H,14-15,18H2,1-5H3,(H,28,30). The summed E-state index contributed by atoms with van der Waals surface area (Å²) in [5.74, 6) is 1.35. The number of anilines is 1. The number of ether oxygens (including phenoxy) is 5. The topological polar surface area (TPSA) is 113 Å². The van der Waals surface area contributed by atoms with E-state index in [9.17, 15) is 13.2 Å². The van der Waals surface area contributed by atoms with E-state index in [1.54, 1.807) is 12.1 Å². The fraction of sp³-hybridized carbons (Fsp3) is 0.296. The molecule has 1 amide bonds. The van der Waals surface area contributed by atoms with E-state index >= 15 is 0 Å². The van der Waals surface area contributed by atoms with Gasteiger partial charge in [-0.05, 0) is 43.3 Å². The minimum Gasteiger partial charge on any atom is -0.497 e. The number of aryl methyl sites for hydroxylation is 1. The van der Waals surface area contributed by atoms with Crippen LogP contribution < -0.4 is 33.3 Å². The van der Waals surface area contributed by atoms with E-state index in [1.165, 1.54) is 52.7 Å². The first-order valence-electron chi connectivity index (χ1n) is 11.7. The maximum atomic E-state index is 13.9. The van der Waals surface area contributed by atoms with E-state index in [1.807, 2.05) is 31.2 Å². The highest BCUT2D eigenvalue weighted by atomic mass is 32.2. The summed E-state index contributed by atoms with van der Waals surface area (Å²) in [6.07, 6.45) is 0. The molecule has 0 saturated carbocycles. The van der Waals surface area contributed by atoms with Crippen molar-refractivity contribution in [2.45, 2.75) is 11.8 Å². The lowest BCUT2D eigenvalue weighted by atomic mass is 10.2. The fourth-order valence-corrected chi connectivity index (χ4v) is 5.01. The van der Waals surface area contributed by atoms with Crippen LogP contribution in [0, 0.1) is 6.92 Å². The van der Waals surface area contributed by atoms with Crippen LogP contribution in [0.3, 0.4) is 0 Å². The quantitative estimate of drug-likeness (QED) is 0.326. The number of rotatable bonds is 13. The Morgan fingerprint density at radius 2 is 1.42 bits per heavy atom. The molecule has 0 aliphatic carbocycles. The molecule has 0 unspecified atom stereocenters. The second-order valence-corrected chi connectivity index (χ2v) is 9.94. The normalized spacial score (nSPS) is 10.9. The molecule has 0 spiro atoms. The zero-order valence-corrected chi connectivity index (χ0v) is 22.8. The van der Waals surface area contributed by atoms with Crippen LogP contribution in [0.25, 0.3) is 0 Å². The van der Waals surface area contributed by atoms with Gasteiger partial charge in [0.2, 0.25) is 5.91 Å². The molecule has 204 valence electrons. The highest BCUT2D eigenvalue weighted by molar-refractivity contribution is 7.92. The number of benzene rings is 3. The second-order valence-electron chi connectivity index (χ2n) is 8.08. The van der Waals surface area contributed by atoms with Crippen molar-refractivity contribution in [3.63, 3.8) is 0 Å². The van der Waals surface area contributed by atoms with Gasteiger partial charge in [-0.3, -0.25) is 9.10 Å². The summed E-state index contributed by atoms with van der Waals surface area (Å²) in [6, 6.07) is 16.4. The SMILES string of the molecule is COc1ccc(OC)c(N(CC(=O)NCCOc2ccc(C)cc2)S(=O)(=O)c2ccc(OC)c(OC)c2)c1. The molecule has 0 aliphatic rings. The van der Waals surface area contributed by atoms with Gasteiger partial charge in [-0.2, -0.15) is 0 Å². The number of hydrogen-bond acceptors (Lipinski definition) is 8. The zero-order valence-electron chi connectivity index (χ0n) is 22.0. The van der Waals surface area contributed by atoms with E-state index in [0.29, 0.717) is 17.2 Å². The first-order valence-corrected chi connectivity index (χ1v) is 13.1. The van der Waals surface area contributed by atoms with Gasteiger partial charge in [-0.15, -0.1) is 0 Å². The summed E-state index contributed by atoms with van der Waals surface area (Å²) in [5.41, 5.74) is 1.24. The van der Waals surface area contributed by atoms with Crippen LogP contribution in [0.1, 0.15) is 5.56 Å². The molecule has 3 aromatic carbocycles. The Hall–Kier alpha value is -4.12. The van der Waals surface area contributed by atoms with Crippen molar-refractivity contribution in [1.82, 2.24) is 5.32 Å². The average molecular weight is 545 g/mol. The van der Waals surface area contributed by atoms with E-state index in [2.05, 4.69) is 5.32 Å². The largest absolute Gasteiger partial charge is 0.497 e. The predicted molar refractivity (Wildman–Crippen MR) is 143 cm³/mol. The zero-order chi connectivity index (χ0) is 27.7. The smallest absolute Gasteiger partial charge is 0.265 e. The fourth-order valence-electron chi connectivity index (χ4n) is 3.58. The summed E-state index contributed by atoms with van der Waals surface area (Å²) < 4.78 is 55.6. The highest BCUT2D eigenvalue weighted by Gasteiger charge is 2.31. The predicted octanol–water partition coefficient (Wildman–Crippen LogP) is 3.42. The van der Waals surface area contributed by atoms with Gasteiger partial charge >= 0.3 is 0 Å². The minimum atomic E-state index is -4.27. The summed E-state index contributed by atoms with van der Waals surface area (Å²) in [4.78, 5) is 12.8. The molecule has 0 fully saturated rings. The van der Waals surface area contributed by atoms with Crippen molar-refractivity contribution >= 4 is 21.6 Å². The molecule has 0 aliphatic heterocycles. The third kappa shape index (κ3) is 6.80. The minimum absolute atomic E-state index is 0.101. The van der Waals surface area contributed by atoms with Crippen LogP contribution in [-0.4, -0.2) is 62.5 Å². The molecular weight excluding hydrogens is 512 g/mol. The third-order valence-electron chi connectivity index (χ3n) is 5.60. The van der Waals surface area contributed by atoms with Gasteiger partial charge in [0.15, 0.2) is 11.5 Å². The second kappa shape index (κ2) is 12.9. The Morgan fingerprint density at radius 1 is 0.789 bits per heavy atom. The molecule has 0 aromatic heterocycles. The monoisotopic (exact) mass is 544 g/mol. The van der Waals surface area contributed by atoms with E-state index in [4.69, 9.17) is 23.7 Å². The first-order chi connectivity index (χ1) is 18.2. The van der Waals surface area contributed by atoms with Crippen LogP contribution in [0.2, 0.25) is 0 Å². The summed E-state index contributed by atoms with van der Waals surface area (Å²) >= 11 is 0. The summed E-state index contributed by atoms with van der Waals surface area (Å²) in [6.45, 7) is 1.83. The number of carbonyl (C=O) groups excluding carboxylic acids is 1. The molecule has 1 N–H and O–H groups in total. The Labute approximate surface area is 223 Å². The van der Waals surface area contributed by atoms with Crippen molar-refractivity contribution in [1.29, 1.82) is 0 Å². The molecule has 0 saturated heterocycles. The van der Waals surface area contributed by atoms with Crippen molar-refractivity contribution in [3.8, 4) is 28.7 Å². The molecule has 3 rings (SSSR count). The number of amides is 1. The van der Waals surface area contributed by atoms with Gasteiger partial charge in [0.05, 0.1) is 45.6 Å². The van der Waals surface area contributed by atoms with Gasteiger partial charge in [-0.1, -0.05) is 17.7 Å². The number of hydrogen-bond donors (Lipinski definition) is 1. The maximum absolute atomic E-state index is 13.9. The van der Waals surface area contributed by atoms with Crippen molar-refractivity contribution in [2.75, 3.05) is 52.4 Å². The maximum Gasteiger partial charge on any atom is 0.265 e.